The fourth-order valence-electron chi connectivity index (χ4n) is 6.09. The van der Waals surface area contributed by atoms with Crippen LogP contribution in [0, 0.1) is 0 Å². The minimum absolute atomic E-state index is 0.0837. The van der Waals surface area contributed by atoms with E-state index in [-0.39, 0.29) is 18.2 Å². The topological polar surface area (TPSA) is 113 Å². The molecular weight excluding hydrogens is 542 g/mol. The predicted molar refractivity (Wildman–Crippen MR) is 168 cm³/mol. The van der Waals surface area contributed by atoms with Gasteiger partial charge >= 0.3 is 0 Å². The van der Waals surface area contributed by atoms with Crippen molar-refractivity contribution in [3.05, 3.63) is 90.4 Å². The third-order valence-corrected chi connectivity index (χ3v) is 8.25. The normalized spacial score (nSPS) is 20.7. The van der Waals surface area contributed by atoms with Gasteiger partial charge in [0.25, 0.3) is 0 Å². The Kier molecular flexibility index (Phi) is 6.67. The summed E-state index contributed by atoms with van der Waals surface area (Å²) in [5.41, 5.74) is 11.2. The summed E-state index contributed by atoms with van der Waals surface area (Å²) in [6.07, 6.45) is 5.40. The lowest BCUT2D eigenvalue weighted by atomic mass is 10.1. The number of pyridine rings is 1. The minimum Gasteiger partial charge on any atom is -0.497 e. The lowest BCUT2D eigenvalue weighted by Gasteiger charge is -2.24. The first-order valence-corrected chi connectivity index (χ1v) is 14.4. The van der Waals surface area contributed by atoms with Gasteiger partial charge in [0.1, 0.15) is 41.6 Å². The number of aromatic nitrogens is 4. The fraction of sp³-hybridized carbons (Fsp3) is 0.303. The Balaban J connectivity index is 1.12. The Labute approximate surface area is 250 Å². The van der Waals surface area contributed by atoms with Crippen molar-refractivity contribution >= 4 is 39.3 Å². The smallest absolute Gasteiger partial charge is 0.164 e. The molecule has 1 aliphatic heterocycles. The van der Waals surface area contributed by atoms with E-state index in [2.05, 4.69) is 74.3 Å². The second-order valence-electron chi connectivity index (χ2n) is 11.6. The van der Waals surface area contributed by atoms with E-state index in [1.165, 1.54) is 6.33 Å². The number of likely N-dealkylation sites (N-methyl/N-ethyl adjacent to an activating group) is 1. The van der Waals surface area contributed by atoms with Crippen LogP contribution >= 0.6 is 0 Å². The van der Waals surface area contributed by atoms with Gasteiger partial charge in [-0.05, 0) is 67.4 Å². The van der Waals surface area contributed by atoms with Gasteiger partial charge < -0.3 is 34.7 Å². The maximum Gasteiger partial charge on any atom is 0.164 e. The van der Waals surface area contributed by atoms with E-state index in [9.17, 15) is 0 Å². The number of hydrogen-bond acceptors (Lipinski definition) is 9. The van der Waals surface area contributed by atoms with Gasteiger partial charge in [0.2, 0.25) is 0 Å². The molecule has 0 radical (unpaired) electrons. The largest absolute Gasteiger partial charge is 0.497 e. The maximum absolute atomic E-state index is 6.43. The molecule has 7 rings (SSSR count). The van der Waals surface area contributed by atoms with E-state index in [1.54, 1.807) is 7.11 Å². The molecule has 3 N–H and O–H groups in total. The number of anilines is 3. The summed E-state index contributed by atoms with van der Waals surface area (Å²) in [4.78, 5) is 15.8. The minimum atomic E-state index is -0.690. The Bertz CT molecular complexity index is 1830. The number of nitrogens with one attached hydrogen (secondary N) is 1. The van der Waals surface area contributed by atoms with Crippen LogP contribution in [0.1, 0.15) is 25.5 Å². The summed E-state index contributed by atoms with van der Waals surface area (Å²) in [5, 5.41) is 5.36. The van der Waals surface area contributed by atoms with Crippen molar-refractivity contribution in [2.45, 2.75) is 44.4 Å². The number of nitrogens with two attached hydrogens (primary N) is 1. The number of ether oxygens (including phenoxy) is 3. The van der Waals surface area contributed by atoms with Gasteiger partial charge in [-0.25, -0.2) is 15.0 Å². The third kappa shape index (κ3) is 5.13. The van der Waals surface area contributed by atoms with Gasteiger partial charge in [-0.3, -0.25) is 0 Å². The van der Waals surface area contributed by atoms with Crippen LogP contribution in [0.15, 0.2) is 84.8 Å². The summed E-state index contributed by atoms with van der Waals surface area (Å²) in [7, 11) is 3.77. The monoisotopic (exact) mass is 577 g/mol. The molecule has 5 aromatic rings. The maximum atomic E-state index is 6.43. The zero-order valence-corrected chi connectivity index (χ0v) is 24.7. The van der Waals surface area contributed by atoms with Gasteiger partial charge in [0.15, 0.2) is 5.79 Å². The number of hydrogen-bond donors (Lipinski definition) is 2. The highest BCUT2D eigenvalue weighted by Crippen LogP contribution is 2.44. The van der Waals surface area contributed by atoms with Crippen molar-refractivity contribution in [3.63, 3.8) is 0 Å². The lowest BCUT2D eigenvalue weighted by Crippen LogP contribution is -2.30. The number of fused-ring (bicyclic) bond motifs is 3. The average Bonchev–Trinajstić information content (AvgIpc) is 3.67. The van der Waals surface area contributed by atoms with Crippen LogP contribution in [-0.4, -0.2) is 58.2 Å². The molecule has 4 heterocycles. The molecule has 43 heavy (non-hydrogen) atoms. The molecule has 1 saturated heterocycles. The molecule has 0 saturated carbocycles. The molecular formula is C33H35N7O3. The molecule has 0 amide bonds. The first kappa shape index (κ1) is 27.2. The Morgan fingerprint density at radius 2 is 1.86 bits per heavy atom. The van der Waals surface area contributed by atoms with E-state index in [0.29, 0.717) is 18.9 Å². The number of benzene rings is 2. The standard InChI is InChI=1S/C33H35N7O3/c1-33(2)42-29-22(15-27(30(29)43-33)40-14-13-25-31(34)36-19-37-32(25)40)18-39(3)23-9-7-21-8-12-28(38-26(21)16-23)35-17-20-5-10-24(41-4)11-6-20/h5-16,19,27,29-30H,17-18H2,1-4H3,(H,35,38)(H2,34,36,37)/t27-,29-,30+/m1/s1. The number of nitrogen functional groups attached to an aromatic ring is 1. The van der Waals surface area contributed by atoms with Gasteiger partial charge in [0.05, 0.1) is 24.1 Å². The number of rotatable bonds is 8. The summed E-state index contributed by atoms with van der Waals surface area (Å²) < 4.78 is 20.2. The quantitative estimate of drug-likeness (QED) is 0.237. The molecule has 2 aliphatic rings. The van der Waals surface area contributed by atoms with Crippen LogP contribution < -0.4 is 20.7 Å². The molecule has 1 fully saturated rings. The molecule has 3 atom stereocenters. The third-order valence-electron chi connectivity index (χ3n) is 8.25. The molecule has 10 heteroatoms. The van der Waals surface area contributed by atoms with E-state index in [0.717, 1.165) is 50.3 Å². The Hall–Kier alpha value is -4.67. The van der Waals surface area contributed by atoms with Crippen LogP contribution in [-0.2, 0) is 16.0 Å². The Morgan fingerprint density at radius 1 is 1.05 bits per heavy atom. The van der Waals surface area contributed by atoms with Crippen molar-refractivity contribution in [2.75, 3.05) is 36.7 Å². The summed E-state index contributed by atoms with van der Waals surface area (Å²) >= 11 is 0. The van der Waals surface area contributed by atoms with Crippen molar-refractivity contribution in [1.82, 2.24) is 19.5 Å². The zero-order valence-electron chi connectivity index (χ0n) is 24.7. The van der Waals surface area contributed by atoms with Crippen LogP contribution in [0.3, 0.4) is 0 Å². The van der Waals surface area contributed by atoms with Crippen LogP contribution in [0.4, 0.5) is 17.3 Å². The summed E-state index contributed by atoms with van der Waals surface area (Å²) in [6, 6.07) is 20.4. The van der Waals surface area contributed by atoms with Crippen molar-refractivity contribution in [1.29, 1.82) is 0 Å². The highest BCUT2D eigenvalue weighted by molar-refractivity contribution is 5.86. The first-order chi connectivity index (χ1) is 20.8. The van der Waals surface area contributed by atoms with Gasteiger partial charge in [-0.15, -0.1) is 0 Å². The predicted octanol–water partition coefficient (Wildman–Crippen LogP) is 5.32. The molecule has 2 aromatic carbocycles. The highest BCUT2D eigenvalue weighted by Gasteiger charge is 2.50. The molecule has 3 aromatic heterocycles. The van der Waals surface area contributed by atoms with Crippen LogP contribution in [0.5, 0.6) is 5.75 Å². The number of methoxy groups -OCH3 is 1. The molecule has 220 valence electrons. The van der Waals surface area contributed by atoms with Crippen molar-refractivity contribution in [3.8, 4) is 5.75 Å². The fourth-order valence-corrected chi connectivity index (χ4v) is 6.09. The zero-order chi connectivity index (χ0) is 29.7. The van der Waals surface area contributed by atoms with Crippen molar-refractivity contribution < 1.29 is 14.2 Å². The number of nitrogens with zero attached hydrogens (tertiary/aromatic N) is 5. The van der Waals surface area contributed by atoms with Gasteiger partial charge in [0, 0.05) is 37.4 Å². The average molecular weight is 578 g/mol. The summed E-state index contributed by atoms with van der Waals surface area (Å²) in [5.74, 6) is 1.45. The van der Waals surface area contributed by atoms with Crippen LogP contribution in [0.2, 0.25) is 0 Å². The second kappa shape index (κ2) is 10.6. The molecule has 10 nitrogen and oxygen atoms in total. The molecule has 0 spiro atoms. The van der Waals surface area contributed by atoms with E-state index >= 15 is 0 Å². The first-order valence-electron chi connectivity index (χ1n) is 14.4. The summed E-state index contributed by atoms with van der Waals surface area (Å²) in [6.45, 7) is 5.28. The van der Waals surface area contributed by atoms with Crippen molar-refractivity contribution in [2.24, 2.45) is 0 Å². The molecule has 0 bridgehead atoms. The SMILES string of the molecule is COc1ccc(CNc2ccc3ccc(N(C)CC4=C[C@@H](n5ccc6c(N)ncnc65)[C@@H]5OC(C)(C)O[C@H]45)cc3n2)cc1. The van der Waals surface area contributed by atoms with E-state index in [1.807, 2.05) is 44.3 Å². The Morgan fingerprint density at radius 3 is 2.67 bits per heavy atom. The van der Waals surface area contributed by atoms with Gasteiger partial charge in [-0.2, -0.15) is 0 Å². The molecule has 0 unspecified atom stereocenters. The lowest BCUT2D eigenvalue weighted by molar-refractivity contribution is -0.147. The second-order valence-corrected chi connectivity index (χ2v) is 11.6. The van der Waals surface area contributed by atoms with E-state index in [4.69, 9.17) is 24.9 Å². The highest BCUT2D eigenvalue weighted by atomic mass is 16.8. The van der Waals surface area contributed by atoms with Gasteiger partial charge in [-0.1, -0.05) is 24.3 Å². The van der Waals surface area contributed by atoms with E-state index < -0.39 is 5.79 Å². The molecule has 1 aliphatic carbocycles. The van der Waals surface area contributed by atoms with Crippen LogP contribution in [0.25, 0.3) is 21.9 Å².